The SMILES string of the molecule is CC=C(C#Cc1ccc(C(C)C)cc1)c1ccccc1Cl. The molecule has 106 valence electrons. The zero-order valence-electron chi connectivity index (χ0n) is 12.7. The molecule has 0 fully saturated rings. The van der Waals surface area contributed by atoms with Gasteiger partial charge < -0.3 is 0 Å². The minimum absolute atomic E-state index is 0.543. The summed E-state index contributed by atoms with van der Waals surface area (Å²) in [6, 6.07) is 16.2. The van der Waals surface area contributed by atoms with Crippen LogP contribution in [0.25, 0.3) is 5.57 Å². The lowest BCUT2D eigenvalue weighted by molar-refractivity contribution is 0.866. The van der Waals surface area contributed by atoms with Crippen molar-refractivity contribution >= 4 is 17.2 Å². The van der Waals surface area contributed by atoms with Crippen molar-refractivity contribution in [2.24, 2.45) is 0 Å². The molecule has 21 heavy (non-hydrogen) atoms. The summed E-state index contributed by atoms with van der Waals surface area (Å²) in [6.45, 7) is 6.36. The van der Waals surface area contributed by atoms with Crippen LogP contribution in [0.4, 0.5) is 0 Å². The van der Waals surface area contributed by atoms with Crippen LogP contribution in [0.2, 0.25) is 5.02 Å². The first-order valence-corrected chi connectivity index (χ1v) is 7.53. The molecule has 0 amide bonds. The molecule has 2 rings (SSSR count). The van der Waals surface area contributed by atoms with E-state index in [2.05, 4.69) is 50.0 Å². The van der Waals surface area contributed by atoms with E-state index < -0.39 is 0 Å². The summed E-state index contributed by atoms with van der Waals surface area (Å²) >= 11 is 6.23. The molecule has 1 heteroatoms. The molecule has 0 atom stereocenters. The normalized spacial score (nSPS) is 11.2. The second kappa shape index (κ2) is 7.16. The van der Waals surface area contributed by atoms with Crippen LogP contribution in [-0.2, 0) is 0 Å². The van der Waals surface area contributed by atoms with Crippen molar-refractivity contribution in [2.45, 2.75) is 26.7 Å². The lowest BCUT2D eigenvalue weighted by Gasteiger charge is -2.04. The van der Waals surface area contributed by atoms with Crippen LogP contribution in [0.1, 0.15) is 43.4 Å². The van der Waals surface area contributed by atoms with Gasteiger partial charge in [0.15, 0.2) is 0 Å². The molecule has 0 aliphatic rings. The Balaban J connectivity index is 2.27. The fourth-order valence-corrected chi connectivity index (χ4v) is 2.30. The van der Waals surface area contributed by atoms with Crippen LogP contribution in [0.5, 0.6) is 0 Å². The van der Waals surface area contributed by atoms with Gasteiger partial charge in [-0.25, -0.2) is 0 Å². The lowest BCUT2D eigenvalue weighted by atomic mass is 10.0. The summed E-state index contributed by atoms with van der Waals surface area (Å²) in [5.41, 5.74) is 4.28. The molecule has 0 bridgehead atoms. The van der Waals surface area contributed by atoms with Crippen molar-refractivity contribution in [1.29, 1.82) is 0 Å². The largest absolute Gasteiger partial charge is 0.0836 e. The predicted molar refractivity (Wildman–Crippen MR) is 92.5 cm³/mol. The molecule has 2 aromatic rings. The second-order valence-corrected chi connectivity index (χ2v) is 5.62. The smallest absolute Gasteiger partial charge is 0.0490 e. The van der Waals surface area contributed by atoms with Gasteiger partial charge in [-0.2, -0.15) is 0 Å². The van der Waals surface area contributed by atoms with Gasteiger partial charge in [0.25, 0.3) is 0 Å². The first-order chi connectivity index (χ1) is 10.1. The van der Waals surface area contributed by atoms with Crippen molar-refractivity contribution in [2.75, 3.05) is 0 Å². The fourth-order valence-electron chi connectivity index (χ4n) is 2.07. The molecule has 0 radical (unpaired) electrons. The van der Waals surface area contributed by atoms with Gasteiger partial charge >= 0.3 is 0 Å². The van der Waals surface area contributed by atoms with E-state index in [0.29, 0.717) is 5.92 Å². The summed E-state index contributed by atoms with van der Waals surface area (Å²) in [7, 11) is 0. The quantitative estimate of drug-likeness (QED) is 0.603. The minimum atomic E-state index is 0.543. The Kier molecular flexibility index (Phi) is 5.26. The summed E-state index contributed by atoms with van der Waals surface area (Å²) in [4.78, 5) is 0. The zero-order chi connectivity index (χ0) is 15.2. The molecule has 0 saturated heterocycles. The number of halogens is 1. The average Bonchev–Trinajstić information content (AvgIpc) is 2.50. The maximum absolute atomic E-state index is 6.23. The van der Waals surface area contributed by atoms with Gasteiger partial charge in [0.2, 0.25) is 0 Å². The standard InChI is InChI=1S/C20H19Cl/c1-4-17(19-7-5-6-8-20(19)21)12-9-16-10-13-18(14-11-16)15(2)3/h4-8,10-11,13-15H,1-3H3. The van der Waals surface area contributed by atoms with Crippen LogP contribution in [0.3, 0.4) is 0 Å². The Bertz CT molecular complexity index is 695. The maximum atomic E-state index is 6.23. The van der Waals surface area contributed by atoms with E-state index >= 15 is 0 Å². The van der Waals surface area contributed by atoms with Crippen LogP contribution in [-0.4, -0.2) is 0 Å². The molecule has 0 saturated carbocycles. The molecule has 0 aromatic heterocycles. The topological polar surface area (TPSA) is 0 Å². The molecule has 0 aliphatic heterocycles. The van der Waals surface area contributed by atoms with Gasteiger partial charge in [0.1, 0.15) is 0 Å². The molecule has 2 aromatic carbocycles. The highest BCUT2D eigenvalue weighted by Gasteiger charge is 2.02. The Morgan fingerprint density at radius 3 is 2.29 bits per heavy atom. The van der Waals surface area contributed by atoms with Crippen molar-refractivity contribution in [3.8, 4) is 11.8 Å². The van der Waals surface area contributed by atoms with Crippen LogP contribution < -0.4 is 0 Å². The monoisotopic (exact) mass is 294 g/mol. The molecule has 0 unspecified atom stereocenters. The van der Waals surface area contributed by atoms with E-state index in [0.717, 1.165) is 21.7 Å². The van der Waals surface area contributed by atoms with Gasteiger partial charge in [0.05, 0.1) is 0 Å². The number of hydrogen-bond donors (Lipinski definition) is 0. The lowest BCUT2D eigenvalue weighted by Crippen LogP contribution is -1.87. The van der Waals surface area contributed by atoms with Crippen LogP contribution >= 0.6 is 11.6 Å². The first kappa shape index (κ1) is 15.4. The van der Waals surface area contributed by atoms with E-state index in [1.165, 1.54) is 5.56 Å². The predicted octanol–water partition coefficient (Wildman–Crippen LogP) is 5.92. The molecule has 0 aliphatic carbocycles. The third-order valence-electron chi connectivity index (χ3n) is 3.37. The summed E-state index contributed by atoms with van der Waals surface area (Å²) in [6.07, 6.45) is 2.00. The van der Waals surface area contributed by atoms with Gasteiger partial charge in [-0.15, -0.1) is 0 Å². The second-order valence-electron chi connectivity index (χ2n) is 5.21. The van der Waals surface area contributed by atoms with E-state index in [9.17, 15) is 0 Å². The molecular weight excluding hydrogens is 276 g/mol. The molecule has 0 nitrogen and oxygen atoms in total. The van der Waals surface area contributed by atoms with Crippen LogP contribution in [0, 0.1) is 11.8 Å². The average molecular weight is 295 g/mol. The van der Waals surface area contributed by atoms with Crippen molar-refractivity contribution in [3.63, 3.8) is 0 Å². The van der Waals surface area contributed by atoms with Gasteiger partial charge in [-0.05, 0) is 36.6 Å². The van der Waals surface area contributed by atoms with E-state index in [1.54, 1.807) is 0 Å². The fraction of sp³-hybridized carbons (Fsp3) is 0.200. The van der Waals surface area contributed by atoms with Crippen LogP contribution in [0.15, 0.2) is 54.6 Å². The Morgan fingerprint density at radius 1 is 1.05 bits per heavy atom. The molecule has 0 spiro atoms. The van der Waals surface area contributed by atoms with Crippen molar-refractivity contribution in [1.82, 2.24) is 0 Å². The Hall–Kier alpha value is -1.97. The Morgan fingerprint density at radius 2 is 1.71 bits per heavy atom. The zero-order valence-corrected chi connectivity index (χ0v) is 13.4. The molecular formula is C20H19Cl. The molecule has 0 heterocycles. The number of allylic oxidation sites excluding steroid dienone is 2. The third kappa shape index (κ3) is 4.00. The summed E-state index contributed by atoms with van der Waals surface area (Å²) in [5.74, 6) is 6.97. The number of hydrogen-bond acceptors (Lipinski definition) is 0. The number of rotatable bonds is 2. The number of benzene rings is 2. The summed E-state index contributed by atoms with van der Waals surface area (Å²) in [5, 5.41) is 0.732. The molecule has 0 N–H and O–H groups in total. The highest BCUT2D eigenvalue weighted by molar-refractivity contribution is 6.32. The van der Waals surface area contributed by atoms with Gasteiger partial charge in [0, 0.05) is 21.7 Å². The van der Waals surface area contributed by atoms with E-state index in [-0.39, 0.29) is 0 Å². The minimum Gasteiger partial charge on any atom is -0.0836 e. The third-order valence-corrected chi connectivity index (χ3v) is 3.70. The summed E-state index contributed by atoms with van der Waals surface area (Å²) < 4.78 is 0. The van der Waals surface area contributed by atoms with Crippen molar-refractivity contribution in [3.05, 3.63) is 76.3 Å². The Labute approximate surface area is 132 Å². The first-order valence-electron chi connectivity index (χ1n) is 7.15. The van der Waals surface area contributed by atoms with Gasteiger partial charge in [-0.1, -0.05) is 73.7 Å². The van der Waals surface area contributed by atoms with Crippen molar-refractivity contribution < 1.29 is 0 Å². The van der Waals surface area contributed by atoms with E-state index in [4.69, 9.17) is 11.6 Å². The maximum Gasteiger partial charge on any atom is 0.0490 e. The van der Waals surface area contributed by atoms with Gasteiger partial charge in [-0.3, -0.25) is 0 Å². The highest BCUT2D eigenvalue weighted by Crippen LogP contribution is 2.23. The van der Waals surface area contributed by atoms with E-state index in [1.807, 2.05) is 37.3 Å². The highest BCUT2D eigenvalue weighted by atomic mass is 35.5.